The fourth-order valence-electron chi connectivity index (χ4n) is 2.79. The maximum absolute atomic E-state index is 13.4. The summed E-state index contributed by atoms with van der Waals surface area (Å²) in [7, 11) is 0. The Morgan fingerprint density at radius 2 is 1.95 bits per heavy atom. The Morgan fingerprint density at radius 1 is 1.24 bits per heavy atom. The van der Waals surface area contributed by atoms with Gasteiger partial charge in [-0.1, -0.05) is 24.3 Å². The fourth-order valence-corrected chi connectivity index (χ4v) is 2.79. The van der Waals surface area contributed by atoms with E-state index < -0.39 is 11.8 Å². The minimum absolute atomic E-state index is 0.00306. The van der Waals surface area contributed by atoms with Crippen molar-refractivity contribution in [2.24, 2.45) is 5.73 Å². The molecule has 1 aliphatic rings. The van der Waals surface area contributed by atoms with Gasteiger partial charge in [0.25, 0.3) is 0 Å². The summed E-state index contributed by atoms with van der Waals surface area (Å²) in [4.78, 5) is 11.0. The van der Waals surface area contributed by atoms with Crippen molar-refractivity contribution in [1.82, 2.24) is 0 Å². The van der Waals surface area contributed by atoms with Crippen LogP contribution in [0.1, 0.15) is 40.0 Å². The van der Waals surface area contributed by atoms with Gasteiger partial charge in [-0.15, -0.1) is 0 Å². The van der Waals surface area contributed by atoms with E-state index in [4.69, 9.17) is 10.8 Å². The van der Waals surface area contributed by atoms with Gasteiger partial charge in [0.1, 0.15) is 5.82 Å². The van der Waals surface area contributed by atoms with Crippen molar-refractivity contribution < 1.29 is 14.3 Å². The zero-order chi connectivity index (χ0) is 15.0. The van der Waals surface area contributed by atoms with Crippen LogP contribution in [-0.4, -0.2) is 11.1 Å². The molecule has 108 valence electrons. The summed E-state index contributed by atoms with van der Waals surface area (Å²) in [5, 5.41) is 12.2. The van der Waals surface area contributed by atoms with Crippen LogP contribution in [-0.2, 0) is 0 Å². The lowest BCUT2D eigenvalue weighted by molar-refractivity contribution is 0.0692. The minimum atomic E-state index is -1.28. The largest absolute Gasteiger partial charge is 0.478 e. The summed E-state index contributed by atoms with van der Waals surface area (Å²) in [6, 6.07) is 11.9. The number of nitrogens with one attached hydrogen (secondary N) is 1. The van der Waals surface area contributed by atoms with Crippen molar-refractivity contribution in [1.29, 1.82) is 0 Å². The Balaban J connectivity index is 1.89. The minimum Gasteiger partial charge on any atom is -0.478 e. The van der Waals surface area contributed by atoms with Gasteiger partial charge in [-0.05, 0) is 35.7 Å². The van der Waals surface area contributed by atoms with Crippen molar-refractivity contribution >= 4 is 11.7 Å². The molecule has 5 heteroatoms. The van der Waals surface area contributed by atoms with E-state index in [1.807, 2.05) is 24.3 Å². The predicted molar refractivity (Wildman–Crippen MR) is 77.7 cm³/mol. The van der Waals surface area contributed by atoms with Crippen LogP contribution in [0.4, 0.5) is 10.1 Å². The molecule has 0 amide bonds. The molecule has 0 aliphatic heterocycles. The molecule has 4 nitrogen and oxygen atoms in total. The molecule has 0 spiro atoms. The van der Waals surface area contributed by atoms with Crippen molar-refractivity contribution in [3.8, 4) is 0 Å². The number of carboxylic acids is 1. The standard InChI is InChI=1S/C16H15FN2O2/c17-13-6-5-9(7-12(13)16(20)21)19-15-8-14(18)10-3-1-2-4-11(10)15/h1-7,14-15,19H,8,18H2,(H,20,21). The third kappa shape index (κ3) is 2.48. The molecule has 0 radical (unpaired) electrons. The average Bonchev–Trinajstić information content (AvgIpc) is 2.78. The Labute approximate surface area is 121 Å². The molecule has 0 aromatic heterocycles. The SMILES string of the molecule is NC1CC(Nc2ccc(F)c(C(=O)O)c2)c2ccccc21. The van der Waals surface area contributed by atoms with Gasteiger partial charge in [-0.3, -0.25) is 0 Å². The van der Waals surface area contributed by atoms with E-state index >= 15 is 0 Å². The third-order valence-electron chi connectivity index (χ3n) is 3.80. The number of anilines is 1. The first-order valence-corrected chi connectivity index (χ1v) is 6.70. The molecule has 2 aromatic rings. The lowest BCUT2D eigenvalue weighted by atomic mass is 10.1. The Morgan fingerprint density at radius 3 is 2.67 bits per heavy atom. The van der Waals surface area contributed by atoms with E-state index in [0.29, 0.717) is 5.69 Å². The Kier molecular flexibility index (Phi) is 3.35. The van der Waals surface area contributed by atoms with E-state index in [9.17, 15) is 9.18 Å². The summed E-state index contributed by atoms with van der Waals surface area (Å²) in [5.41, 5.74) is 8.53. The molecule has 2 unspecified atom stereocenters. The van der Waals surface area contributed by atoms with Gasteiger partial charge < -0.3 is 16.2 Å². The summed E-state index contributed by atoms with van der Waals surface area (Å²) in [6.45, 7) is 0. The highest BCUT2D eigenvalue weighted by Gasteiger charge is 2.28. The molecule has 0 saturated carbocycles. The number of carbonyl (C=O) groups is 1. The van der Waals surface area contributed by atoms with Crippen LogP contribution >= 0.6 is 0 Å². The lowest BCUT2D eigenvalue weighted by Crippen LogP contribution is -2.11. The number of fused-ring (bicyclic) bond motifs is 1. The second-order valence-electron chi connectivity index (χ2n) is 5.17. The summed E-state index contributed by atoms with van der Waals surface area (Å²) in [6.07, 6.45) is 0.721. The number of rotatable bonds is 3. The van der Waals surface area contributed by atoms with Gasteiger partial charge in [-0.2, -0.15) is 0 Å². The van der Waals surface area contributed by atoms with Crippen molar-refractivity contribution in [2.75, 3.05) is 5.32 Å². The third-order valence-corrected chi connectivity index (χ3v) is 3.80. The Hall–Kier alpha value is -2.40. The number of benzene rings is 2. The number of hydrogen-bond donors (Lipinski definition) is 3. The average molecular weight is 286 g/mol. The van der Waals surface area contributed by atoms with E-state index in [0.717, 1.165) is 23.6 Å². The number of aromatic carboxylic acids is 1. The summed E-state index contributed by atoms with van der Waals surface area (Å²) >= 11 is 0. The van der Waals surface area contributed by atoms with E-state index in [1.165, 1.54) is 12.1 Å². The zero-order valence-electron chi connectivity index (χ0n) is 11.2. The Bertz CT molecular complexity index is 702. The molecule has 21 heavy (non-hydrogen) atoms. The molecule has 2 aromatic carbocycles. The van der Waals surface area contributed by atoms with Gasteiger partial charge in [0.2, 0.25) is 0 Å². The molecule has 2 atom stereocenters. The van der Waals surface area contributed by atoms with Crippen LogP contribution in [0, 0.1) is 5.82 Å². The number of nitrogens with two attached hydrogens (primary N) is 1. The monoisotopic (exact) mass is 286 g/mol. The smallest absolute Gasteiger partial charge is 0.338 e. The first-order valence-electron chi connectivity index (χ1n) is 6.70. The molecule has 0 bridgehead atoms. The van der Waals surface area contributed by atoms with E-state index in [2.05, 4.69) is 5.32 Å². The molecule has 0 fully saturated rings. The van der Waals surface area contributed by atoms with Gasteiger partial charge in [0, 0.05) is 11.7 Å². The highest BCUT2D eigenvalue weighted by atomic mass is 19.1. The van der Waals surface area contributed by atoms with Crippen molar-refractivity contribution in [2.45, 2.75) is 18.5 Å². The quantitative estimate of drug-likeness (QED) is 0.810. The normalized spacial score (nSPS) is 20.1. The van der Waals surface area contributed by atoms with E-state index in [-0.39, 0.29) is 17.6 Å². The topological polar surface area (TPSA) is 75.3 Å². The number of halogens is 1. The molecule has 1 aliphatic carbocycles. The van der Waals surface area contributed by atoms with Gasteiger partial charge in [-0.25, -0.2) is 9.18 Å². The predicted octanol–water partition coefficient (Wildman–Crippen LogP) is 3.08. The number of hydrogen-bond acceptors (Lipinski definition) is 3. The highest BCUT2D eigenvalue weighted by Crippen LogP contribution is 2.39. The maximum atomic E-state index is 13.4. The van der Waals surface area contributed by atoms with Crippen LogP contribution < -0.4 is 11.1 Å². The zero-order valence-corrected chi connectivity index (χ0v) is 11.2. The van der Waals surface area contributed by atoms with Crippen LogP contribution in [0.5, 0.6) is 0 Å². The lowest BCUT2D eigenvalue weighted by Gasteiger charge is -2.16. The fraction of sp³-hybridized carbons (Fsp3) is 0.188. The first-order chi connectivity index (χ1) is 10.1. The van der Waals surface area contributed by atoms with Crippen molar-refractivity contribution in [3.05, 3.63) is 65.0 Å². The highest BCUT2D eigenvalue weighted by molar-refractivity contribution is 5.89. The van der Waals surface area contributed by atoms with Gasteiger partial charge in [0.15, 0.2) is 0 Å². The van der Waals surface area contributed by atoms with Gasteiger partial charge in [0.05, 0.1) is 11.6 Å². The molecule has 3 rings (SSSR count). The molecular weight excluding hydrogens is 271 g/mol. The van der Waals surface area contributed by atoms with Gasteiger partial charge >= 0.3 is 5.97 Å². The molecular formula is C16H15FN2O2. The number of carboxylic acid groups (broad SMARTS) is 1. The second kappa shape index (κ2) is 5.18. The molecule has 0 saturated heterocycles. The van der Waals surface area contributed by atoms with Crippen LogP contribution in [0.15, 0.2) is 42.5 Å². The van der Waals surface area contributed by atoms with Crippen molar-refractivity contribution in [3.63, 3.8) is 0 Å². The maximum Gasteiger partial charge on any atom is 0.338 e. The first kappa shape index (κ1) is 13.6. The second-order valence-corrected chi connectivity index (χ2v) is 5.17. The molecule has 0 heterocycles. The summed E-state index contributed by atoms with van der Waals surface area (Å²) in [5.74, 6) is -2.02. The van der Waals surface area contributed by atoms with Crippen LogP contribution in [0.2, 0.25) is 0 Å². The summed E-state index contributed by atoms with van der Waals surface area (Å²) < 4.78 is 13.4. The van der Waals surface area contributed by atoms with Crippen LogP contribution in [0.3, 0.4) is 0 Å². The molecule has 4 N–H and O–H groups in total. The van der Waals surface area contributed by atoms with E-state index in [1.54, 1.807) is 0 Å². The van der Waals surface area contributed by atoms with Crippen LogP contribution in [0.25, 0.3) is 0 Å².